The van der Waals surface area contributed by atoms with E-state index in [0.29, 0.717) is 13.2 Å². The van der Waals surface area contributed by atoms with Crippen LogP contribution in [0.15, 0.2) is 18.2 Å². The molecule has 1 aliphatic rings. The molecule has 2 rings (SSSR count). The number of hydrogen-bond acceptors (Lipinski definition) is 4. The third-order valence-corrected chi connectivity index (χ3v) is 3.71. The molecule has 0 spiro atoms. The van der Waals surface area contributed by atoms with E-state index in [9.17, 15) is 9.59 Å². The lowest BCUT2D eigenvalue weighted by atomic mass is 10.1. The summed E-state index contributed by atoms with van der Waals surface area (Å²) in [4.78, 5) is 25.8. The van der Waals surface area contributed by atoms with Crippen LogP contribution < -0.4 is 10.6 Å². The second kappa shape index (κ2) is 7.38. The van der Waals surface area contributed by atoms with Gasteiger partial charge in [-0.1, -0.05) is 18.2 Å². The Morgan fingerprint density at radius 3 is 2.64 bits per heavy atom. The number of rotatable bonds is 4. The van der Waals surface area contributed by atoms with Gasteiger partial charge in [-0.3, -0.25) is 9.59 Å². The van der Waals surface area contributed by atoms with Crippen molar-refractivity contribution in [1.82, 2.24) is 10.2 Å². The third kappa shape index (κ3) is 4.05. The van der Waals surface area contributed by atoms with Gasteiger partial charge in [0, 0.05) is 25.8 Å². The van der Waals surface area contributed by atoms with Crippen molar-refractivity contribution in [1.29, 1.82) is 0 Å². The molecule has 0 bridgehead atoms. The number of nitrogens with one attached hydrogen (secondary N) is 2. The molecule has 6 heteroatoms. The quantitative estimate of drug-likeness (QED) is 0.858. The summed E-state index contributed by atoms with van der Waals surface area (Å²) >= 11 is 0. The Bertz CT molecular complexity index is 533. The van der Waals surface area contributed by atoms with Crippen LogP contribution in [-0.2, 0) is 14.3 Å². The predicted molar refractivity (Wildman–Crippen MR) is 84.8 cm³/mol. The normalized spacial score (nSPS) is 17.9. The molecule has 1 aliphatic heterocycles. The zero-order chi connectivity index (χ0) is 16.1. The van der Waals surface area contributed by atoms with E-state index >= 15 is 0 Å². The summed E-state index contributed by atoms with van der Waals surface area (Å²) in [5.41, 5.74) is 2.81. The van der Waals surface area contributed by atoms with Gasteiger partial charge in [0.1, 0.15) is 6.10 Å². The van der Waals surface area contributed by atoms with E-state index in [1.54, 1.807) is 7.05 Å². The third-order valence-electron chi connectivity index (χ3n) is 3.71. The zero-order valence-corrected chi connectivity index (χ0v) is 13.3. The van der Waals surface area contributed by atoms with Crippen LogP contribution in [0.3, 0.4) is 0 Å². The number of morpholine rings is 1. The zero-order valence-electron chi connectivity index (χ0n) is 13.3. The Morgan fingerprint density at radius 2 is 2.05 bits per heavy atom. The minimum atomic E-state index is -0.508. The molecular formula is C16H23N3O3. The molecule has 22 heavy (non-hydrogen) atoms. The van der Waals surface area contributed by atoms with Gasteiger partial charge < -0.3 is 20.3 Å². The molecule has 1 aromatic carbocycles. The number of para-hydroxylation sites is 1. The van der Waals surface area contributed by atoms with Crippen molar-refractivity contribution in [3.63, 3.8) is 0 Å². The molecule has 1 fully saturated rings. The maximum Gasteiger partial charge on any atom is 0.253 e. The first-order valence-electron chi connectivity index (χ1n) is 7.42. The van der Waals surface area contributed by atoms with E-state index in [1.807, 2.05) is 32.0 Å². The molecule has 0 aromatic heterocycles. The summed E-state index contributed by atoms with van der Waals surface area (Å²) in [7, 11) is 1.62. The van der Waals surface area contributed by atoms with Gasteiger partial charge >= 0.3 is 0 Å². The Kier molecular flexibility index (Phi) is 5.51. The van der Waals surface area contributed by atoms with E-state index in [4.69, 9.17) is 4.74 Å². The number of carbonyl (C=O) groups excluding carboxylic acids is 2. The first kappa shape index (κ1) is 16.5. The van der Waals surface area contributed by atoms with Crippen LogP contribution in [0.25, 0.3) is 0 Å². The second-order valence-electron chi connectivity index (χ2n) is 5.57. The van der Waals surface area contributed by atoms with Gasteiger partial charge in [0.2, 0.25) is 5.91 Å². The summed E-state index contributed by atoms with van der Waals surface area (Å²) in [6, 6.07) is 5.83. The highest BCUT2D eigenvalue weighted by Gasteiger charge is 2.26. The van der Waals surface area contributed by atoms with Gasteiger partial charge in [-0.2, -0.15) is 0 Å². The Hall–Kier alpha value is -1.92. The fourth-order valence-corrected chi connectivity index (χ4v) is 2.45. The van der Waals surface area contributed by atoms with Crippen LogP contribution >= 0.6 is 0 Å². The molecule has 1 atom stereocenters. The molecule has 0 radical (unpaired) electrons. The van der Waals surface area contributed by atoms with Crippen molar-refractivity contribution in [2.24, 2.45) is 0 Å². The van der Waals surface area contributed by atoms with E-state index in [0.717, 1.165) is 23.4 Å². The maximum atomic E-state index is 12.2. The Labute approximate surface area is 130 Å². The molecule has 1 saturated heterocycles. The van der Waals surface area contributed by atoms with Crippen LogP contribution in [0, 0.1) is 13.8 Å². The van der Waals surface area contributed by atoms with Crippen LogP contribution in [0.4, 0.5) is 5.69 Å². The van der Waals surface area contributed by atoms with Gasteiger partial charge in [-0.25, -0.2) is 0 Å². The molecule has 120 valence electrons. The maximum absolute atomic E-state index is 12.2. The van der Waals surface area contributed by atoms with Gasteiger partial charge in [0.15, 0.2) is 0 Å². The van der Waals surface area contributed by atoms with Crippen LogP contribution in [0.2, 0.25) is 0 Å². The average molecular weight is 305 g/mol. The number of carbonyl (C=O) groups is 2. The molecule has 0 saturated carbocycles. The van der Waals surface area contributed by atoms with Gasteiger partial charge in [-0.05, 0) is 25.0 Å². The topological polar surface area (TPSA) is 70.7 Å². The van der Waals surface area contributed by atoms with Crippen molar-refractivity contribution in [2.75, 3.05) is 38.6 Å². The molecule has 1 aromatic rings. The second-order valence-corrected chi connectivity index (χ2v) is 5.57. The summed E-state index contributed by atoms with van der Waals surface area (Å²) in [6.07, 6.45) is -0.508. The smallest absolute Gasteiger partial charge is 0.253 e. The number of aryl methyl sites for hydroxylation is 2. The summed E-state index contributed by atoms with van der Waals surface area (Å²) < 4.78 is 5.41. The van der Waals surface area contributed by atoms with Crippen LogP contribution in [0.5, 0.6) is 0 Å². The number of ether oxygens (including phenoxy) is 1. The molecule has 0 aliphatic carbocycles. The van der Waals surface area contributed by atoms with Gasteiger partial charge in [0.25, 0.3) is 5.91 Å². The fraction of sp³-hybridized carbons (Fsp3) is 0.500. The first-order valence-corrected chi connectivity index (χ1v) is 7.42. The van der Waals surface area contributed by atoms with Crippen molar-refractivity contribution >= 4 is 17.5 Å². The number of nitrogens with zero attached hydrogens (tertiary/aromatic N) is 1. The number of anilines is 1. The Morgan fingerprint density at radius 1 is 1.36 bits per heavy atom. The Balaban J connectivity index is 1.92. The molecular weight excluding hydrogens is 282 g/mol. The highest BCUT2D eigenvalue weighted by Crippen LogP contribution is 2.19. The SMILES string of the molecule is Cc1cccc(C)c1NC(=O)CN(C)C(=O)C1CNCCO1. The summed E-state index contributed by atoms with van der Waals surface area (Å²) in [6.45, 7) is 5.64. The first-order chi connectivity index (χ1) is 10.5. The number of amides is 2. The average Bonchev–Trinajstić information content (AvgIpc) is 2.51. The summed E-state index contributed by atoms with van der Waals surface area (Å²) in [5.74, 6) is -0.388. The highest BCUT2D eigenvalue weighted by atomic mass is 16.5. The monoisotopic (exact) mass is 305 g/mol. The number of hydrogen-bond donors (Lipinski definition) is 2. The van der Waals surface area contributed by atoms with Crippen LogP contribution in [0.1, 0.15) is 11.1 Å². The minimum Gasteiger partial charge on any atom is -0.366 e. The molecule has 1 heterocycles. The van der Waals surface area contributed by atoms with Crippen molar-refractivity contribution in [3.05, 3.63) is 29.3 Å². The molecule has 1 unspecified atom stereocenters. The minimum absolute atomic E-state index is 0.00642. The lowest BCUT2D eigenvalue weighted by Crippen LogP contribution is -2.49. The van der Waals surface area contributed by atoms with E-state index < -0.39 is 6.10 Å². The van der Waals surface area contributed by atoms with E-state index in [2.05, 4.69) is 10.6 Å². The predicted octanol–water partition coefficient (Wildman–Crippen LogP) is 0.689. The lowest BCUT2D eigenvalue weighted by molar-refractivity contribution is -0.145. The standard InChI is InChI=1S/C16H23N3O3/c1-11-5-4-6-12(2)15(11)18-14(20)10-19(3)16(21)13-9-17-7-8-22-13/h4-6,13,17H,7-10H2,1-3H3,(H,18,20). The van der Waals surface area contributed by atoms with Crippen LogP contribution in [-0.4, -0.2) is 56.1 Å². The van der Waals surface area contributed by atoms with Gasteiger partial charge in [0.05, 0.1) is 13.2 Å². The molecule has 2 N–H and O–H groups in total. The highest BCUT2D eigenvalue weighted by molar-refractivity contribution is 5.96. The number of likely N-dealkylation sites (N-methyl/N-ethyl adjacent to an activating group) is 1. The fourth-order valence-electron chi connectivity index (χ4n) is 2.45. The lowest BCUT2D eigenvalue weighted by Gasteiger charge is -2.27. The molecule has 6 nitrogen and oxygen atoms in total. The van der Waals surface area contributed by atoms with E-state index in [-0.39, 0.29) is 18.4 Å². The van der Waals surface area contributed by atoms with Crippen molar-refractivity contribution in [3.8, 4) is 0 Å². The number of benzene rings is 1. The van der Waals surface area contributed by atoms with E-state index in [1.165, 1.54) is 4.90 Å². The van der Waals surface area contributed by atoms with Crippen molar-refractivity contribution < 1.29 is 14.3 Å². The van der Waals surface area contributed by atoms with Crippen molar-refractivity contribution in [2.45, 2.75) is 20.0 Å². The van der Waals surface area contributed by atoms with Gasteiger partial charge in [-0.15, -0.1) is 0 Å². The summed E-state index contributed by atoms with van der Waals surface area (Å²) in [5, 5.41) is 5.98. The molecule has 2 amide bonds. The largest absolute Gasteiger partial charge is 0.366 e.